The molecule has 10 heteroatoms. The van der Waals surface area contributed by atoms with Crippen molar-refractivity contribution >= 4 is 35.5 Å². The minimum absolute atomic E-state index is 0.0570. The molecule has 2 fully saturated rings. The van der Waals surface area contributed by atoms with Crippen LogP contribution < -0.4 is 15.1 Å². The Labute approximate surface area is 237 Å². The summed E-state index contributed by atoms with van der Waals surface area (Å²) in [5, 5.41) is 3.02. The third kappa shape index (κ3) is 8.40. The highest BCUT2D eigenvalue weighted by Gasteiger charge is 2.32. The van der Waals surface area contributed by atoms with Gasteiger partial charge >= 0.3 is 12.2 Å². The lowest BCUT2D eigenvalue weighted by Gasteiger charge is -2.31. The Bertz CT molecular complexity index is 1140. The standard InChI is InChI=1S/C27H35N5O5.C3H8/c1-18(19-10-12-21(13-11-19)29-23(33)20-8-6-5-7-9-20)32(26(35)37-27(2,3)4)24-28-15-14-22(30-24)31-16-17-36-25(31)34;1-3-2/h10-15,18,20H,5-9,16-17H2,1-4H3,(H,29,33);3H2,1-2H3. The van der Waals surface area contributed by atoms with Crippen molar-refractivity contribution in [1.82, 2.24) is 9.97 Å². The van der Waals surface area contributed by atoms with Crippen LogP contribution in [0, 0.1) is 5.92 Å². The van der Waals surface area contributed by atoms with Crippen molar-refractivity contribution in [3.05, 3.63) is 42.1 Å². The van der Waals surface area contributed by atoms with Gasteiger partial charge in [-0.15, -0.1) is 0 Å². The van der Waals surface area contributed by atoms with Crippen LogP contribution in [0.2, 0.25) is 0 Å². The molecular weight excluding hydrogens is 510 g/mol. The number of ether oxygens (including phenoxy) is 2. The van der Waals surface area contributed by atoms with Gasteiger partial charge in [0.15, 0.2) is 0 Å². The molecular formula is C30H43N5O5. The lowest BCUT2D eigenvalue weighted by atomic mass is 9.88. The van der Waals surface area contributed by atoms with Crippen LogP contribution in [0.15, 0.2) is 36.5 Å². The maximum atomic E-state index is 13.3. The third-order valence-corrected chi connectivity index (χ3v) is 6.50. The average Bonchev–Trinajstić information content (AvgIpc) is 3.35. The molecule has 3 amide bonds. The minimum atomic E-state index is -0.737. The molecule has 1 atom stereocenters. The monoisotopic (exact) mass is 553 g/mol. The number of cyclic esters (lactones) is 1. The van der Waals surface area contributed by atoms with E-state index in [1.54, 1.807) is 26.8 Å². The van der Waals surface area contributed by atoms with Gasteiger partial charge in [-0.2, -0.15) is 4.98 Å². The topological polar surface area (TPSA) is 114 Å². The molecule has 0 bridgehead atoms. The van der Waals surface area contributed by atoms with Crippen LogP contribution in [0.5, 0.6) is 0 Å². The number of amides is 3. The van der Waals surface area contributed by atoms with Gasteiger partial charge in [0, 0.05) is 17.8 Å². The summed E-state index contributed by atoms with van der Waals surface area (Å²) in [4.78, 5) is 49.6. The van der Waals surface area contributed by atoms with Crippen LogP contribution in [0.3, 0.4) is 0 Å². The molecule has 0 radical (unpaired) electrons. The highest BCUT2D eigenvalue weighted by atomic mass is 16.6. The van der Waals surface area contributed by atoms with Gasteiger partial charge in [-0.1, -0.05) is 51.7 Å². The molecule has 1 unspecified atom stereocenters. The molecule has 1 N–H and O–H groups in total. The molecule has 218 valence electrons. The minimum Gasteiger partial charge on any atom is -0.447 e. The second-order valence-corrected chi connectivity index (χ2v) is 11.2. The fraction of sp³-hybridized carbons (Fsp3) is 0.567. The smallest absolute Gasteiger partial charge is 0.417 e. The first-order chi connectivity index (χ1) is 19.0. The zero-order valence-corrected chi connectivity index (χ0v) is 24.6. The van der Waals surface area contributed by atoms with Crippen LogP contribution in [0.1, 0.15) is 91.7 Å². The van der Waals surface area contributed by atoms with E-state index in [0.717, 1.165) is 31.2 Å². The summed E-state index contributed by atoms with van der Waals surface area (Å²) in [7, 11) is 0. The van der Waals surface area contributed by atoms with E-state index in [2.05, 4.69) is 29.1 Å². The van der Waals surface area contributed by atoms with E-state index in [4.69, 9.17) is 9.47 Å². The van der Waals surface area contributed by atoms with Gasteiger partial charge in [0.1, 0.15) is 18.0 Å². The molecule has 4 rings (SSSR count). The van der Waals surface area contributed by atoms with Crippen LogP contribution in [0.4, 0.5) is 27.0 Å². The zero-order chi connectivity index (χ0) is 29.3. The first-order valence-corrected chi connectivity index (χ1v) is 14.2. The highest BCUT2D eigenvalue weighted by Crippen LogP contribution is 2.30. The SMILES string of the molecule is CC(c1ccc(NC(=O)C2CCCCC2)cc1)N(C(=O)OC(C)(C)C)c1nccc(N2CCOC2=O)n1.CCC. The van der Waals surface area contributed by atoms with Crippen LogP contribution in [-0.2, 0) is 14.3 Å². The maximum Gasteiger partial charge on any atom is 0.417 e. The first-order valence-electron chi connectivity index (χ1n) is 14.2. The molecule has 1 saturated carbocycles. The second-order valence-electron chi connectivity index (χ2n) is 11.2. The van der Waals surface area contributed by atoms with Crippen LogP contribution >= 0.6 is 0 Å². The molecule has 1 aliphatic carbocycles. The van der Waals surface area contributed by atoms with Gasteiger partial charge in [0.2, 0.25) is 11.9 Å². The second kappa shape index (κ2) is 14.1. The molecule has 0 spiro atoms. The lowest BCUT2D eigenvalue weighted by molar-refractivity contribution is -0.120. The zero-order valence-electron chi connectivity index (χ0n) is 24.6. The first kappa shape index (κ1) is 30.8. The van der Waals surface area contributed by atoms with Crippen molar-refractivity contribution in [3.63, 3.8) is 0 Å². The van der Waals surface area contributed by atoms with Gasteiger partial charge in [-0.25, -0.2) is 19.5 Å². The maximum absolute atomic E-state index is 13.3. The van der Waals surface area contributed by atoms with Crippen molar-refractivity contribution in [2.75, 3.05) is 28.3 Å². The van der Waals surface area contributed by atoms with Gasteiger partial charge in [0.05, 0.1) is 12.6 Å². The van der Waals surface area contributed by atoms with Crippen LogP contribution in [-0.4, -0.2) is 46.8 Å². The number of anilines is 3. The molecule has 1 aromatic heterocycles. The summed E-state index contributed by atoms with van der Waals surface area (Å²) in [5.41, 5.74) is 0.774. The van der Waals surface area contributed by atoms with E-state index >= 15 is 0 Å². The predicted molar refractivity (Wildman–Crippen MR) is 155 cm³/mol. The van der Waals surface area contributed by atoms with E-state index in [1.165, 1.54) is 28.8 Å². The number of benzene rings is 1. The normalized spacial score (nSPS) is 16.4. The number of nitrogens with one attached hydrogen (secondary N) is 1. The Hall–Kier alpha value is -3.69. The lowest BCUT2D eigenvalue weighted by Crippen LogP contribution is -2.40. The van der Waals surface area contributed by atoms with Crippen molar-refractivity contribution in [1.29, 1.82) is 0 Å². The fourth-order valence-corrected chi connectivity index (χ4v) is 4.53. The number of aromatic nitrogens is 2. The quantitative estimate of drug-likeness (QED) is 0.415. The summed E-state index contributed by atoms with van der Waals surface area (Å²) < 4.78 is 10.7. The summed E-state index contributed by atoms with van der Waals surface area (Å²) in [6.07, 6.45) is 6.88. The Balaban J connectivity index is 0.00000141. The summed E-state index contributed by atoms with van der Waals surface area (Å²) in [5.74, 6) is 0.566. The molecule has 1 aromatic carbocycles. The number of rotatable bonds is 6. The molecule has 40 heavy (non-hydrogen) atoms. The Kier molecular flexibility index (Phi) is 10.9. The van der Waals surface area contributed by atoms with Gasteiger partial charge in [-0.3, -0.25) is 9.69 Å². The van der Waals surface area contributed by atoms with Crippen molar-refractivity contribution in [3.8, 4) is 0 Å². The highest BCUT2D eigenvalue weighted by molar-refractivity contribution is 5.93. The number of nitrogens with zero attached hydrogens (tertiary/aromatic N) is 4. The molecule has 1 saturated heterocycles. The van der Waals surface area contributed by atoms with E-state index in [1.807, 2.05) is 31.2 Å². The number of carbonyl (C=O) groups is 3. The summed E-state index contributed by atoms with van der Waals surface area (Å²) >= 11 is 0. The summed E-state index contributed by atoms with van der Waals surface area (Å²) in [6.45, 7) is 12.1. The van der Waals surface area contributed by atoms with E-state index in [9.17, 15) is 14.4 Å². The van der Waals surface area contributed by atoms with Crippen molar-refractivity contribution < 1.29 is 23.9 Å². The Morgan fingerprint density at radius 2 is 1.77 bits per heavy atom. The number of carbonyl (C=O) groups excluding carboxylic acids is 3. The fourth-order valence-electron chi connectivity index (χ4n) is 4.53. The van der Waals surface area contributed by atoms with E-state index in [-0.39, 0.29) is 24.4 Å². The molecule has 2 aliphatic rings. The van der Waals surface area contributed by atoms with E-state index in [0.29, 0.717) is 18.1 Å². The van der Waals surface area contributed by atoms with Gasteiger partial charge in [0.25, 0.3) is 0 Å². The van der Waals surface area contributed by atoms with Gasteiger partial charge in [-0.05, 0) is 64.3 Å². The molecule has 1 aliphatic heterocycles. The third-order valence-electron chi connectivity index (χ3n) is 6.50. The van der Waals surface area contributed by atoms with Crippen molar-refractivity contribution in [2.24, 2.45) is 5.92 Å². The van der Waals surface area contributed by atoms with Gasteiger partial charge < -0.3 is 14.8 Å². The molecule has 2 heterocycles. The molecule has 2 aromatic rings. The Morgan fingerprint density at radius 3 is 2.35 bits per heavy atom. The summed E-state index contributed by atoms with van der Waals surface area (Å²) in [6, 6.07) is 8.48. The van der Waals surface area contributed by atoms with E-state index < -0.39 is 23.8 Å². The predicted octanol–water partition coefficient (Wildman–Crippen LogP) is 6.87. The average molecular weight is 554 g/mol. The van der Waals surface area contributed by atoms with Crippen LogP contribution in [0.25, 0.3) is 0 Å². The molecule has 10 nitrogen and oxygen atoms in total. The number of hydrogen-bond acceptors (Lipinski definition) is 7. The largest absolute Gasteiger partial charge is 0.447 e. The number of hydrogen-bond donors (Lipinski definition) is 1. The Morgan fingerprint density at radius 1 is 1.12 bits per heavy atom. The van der Waals surface area contributed by atoms with Crippen molar-refractivity contribution in [2.45, 2.75) is 91.7 Å².